The summed E-state index contributed by atoms with van der Waals surface area (Å²) < 4.78 is 18.1. The van der Waals surface area contributed by atoms with Crippen LogP contribution in [0.5, 0.6) is 0 Å². The van der Waals surface area contributed by atoms with Crippen LogP contribution in [0.1, 0.15) is 6.92 Å². The monoisotopic (exact) mass is 228 g/mol. The molecule has 1 aromatic rings. The van der Waals surface area contributed by atoms with Gasteiger partial charge in [0.15, 0.2) is 0 Å². The molecule has 0 spiro atoms. The van der Waals surface area contributed by atoms with Gasteiger partial charge in [0.25, 0.3) is 0 Å². The molecule has 1 rings (SSSR count). The minimum Gasteiger partial charge on any atom is -0.383 e. The zero-order valence-electron chi connectivity index (χ0n) is 9.07. The Morgan fingerprint density at radius 1 is 1.62 bits per heavy atom. The Kier molecular flexibility index (Phi) is 4.19. The third-order valence-corrected chi connectivity index (χ3v) is 1.97. The smallest absolute Gasteiger partial charge is 0.304 e. The summed E-state index contributed by atoms with van der Waals surface area (Å²) in [6.45, 7) is 2.33. The zero-order chi connectivity index (χ0) is 12.1. The Morgan fingerprint density at radius 2 is 2.31 bits per heavy atom. The van der Waals surface area contributed by atoms with Gasteiger partial charge in [0, 0.05) is 31.0 Å². The van der Waals surface area contributed by atoms with E-state index < -0.39 is 16.4 Å². The van der Waals surface area contributed by atoms with Crippen molar-refractivity contribution >= 4 is 11.4 Å². The van der Waals surface area contributed by atoms with Gasteiger partial charge in [-0.15, -0.1) is 0 Å². The highest BCUT2D eigenvalue weighted by Crippen LogP contribution is 2.21. The number of nitro groups is 1. The van der Waals surface area contributed by atoms with Crippen molar-refractivity contribution in [1.29, 1.82) is 0 Å². The fourth-order valence-electron chi connectivity index (χ4n) is 1.32. The van der Waals surface area contributed by atoms with E-state index in [-0.39, 0.29) is 6.04 Å². The molecule has 0 saturated heterocycles. The maximum absolute atomic E-state index is 13.2. The third-order valence-electron chi connectivity index (χ3n) is 1.97. The molecule has 0 aliphatic carbocycles. The SMILES string of the molecule is COCC(C)Nc1ccc([N+](=O)[O-])c(F)c1. The van der Waals surface area contributed by atoms with Crippen LogP contribution in [0.25, 0.3) is 0 Å². The van der Waals surface area contributed by atoms with E-state index in [1.165, 1.54) is 6.07 Å². The molecule has 6 heteroatoms. The Morgan fingerprint density at radius 3 is 2.81 bits per heavy atom. The highest BCUT2D eigenvalue weighted by molar-refractivity contribution is 5.50. The summed E-state index contributed by atoms with van der Waals surface area (Å²) in [5.41, 5.74) is -0.0300. The van der Waals surface area contributed by atoms with Crippen molar-refractivity contribution in [2.45, 2.75) is 13.0 Å². The summed E-state index contributed by atoms with van der Waals surface area (Å²) in [5.74, 6) is -0.848. The normalized spacial score (nSPS) is 12.2. The van der Waals surface area contributed by atoms with E-state index in [9.17, 15) is 14.5 Å². The molecule has 0 radical (unpaired) electrons. The van der Waals surface area contributed by atoms with Crippen LogP contribution in [0.4, 0.5) is 15.8 Å². The Balaban J connectivity index is 2.77. The average molecular weight is 228 g/mol. The predicted molar refractivity (Wildman–Crippen MR) is 58.0 cm³/mol. The van der Waals surface area contributed by atoms with E-state index in [4.69, 9.17) is 4.74 Å². The van der Waals surface area contributed by atoms with Crippen LogP contribution in [-0.4, -0.2) is 24.7 Å². The highest BCUT2D eigenvalue weighted by atomic mass is 19.1. The highest BCUT2D eigenvalue weighted by Gasteiger charge is 2.14. The molecule has 0 saturated carbocycles. The molecule has 0 aliphatic rings. The molecule has 0 fully saturated rings. The molecule has 1 aromatic carbocycles. The number of rotatable bonds is 5. The summed E-state index contributed by atoms with van der Waals surface area (Å²) >= 11 is 0. The number of nitro benzene ring substituents is 1. The number of nitrogens with zero attached hydrogens (tertiary/aromatic N) is 1. The molecule has 0 amide bonds. The van der Waals surface area contributed by atoms with Crippen LogP contribution in [0.15, 0.2) is 18.2 Å². The number of hydrogen-bond acceptors (Lipinski definition) is 4. The van der Waals surface area contributed by atoms with E-state index in [2.05, 4.69) is 5.32 Å². The number of nitrogens with one attached hydrogen (secondary N) is 1. The number of benzene rings is 1. The van der Waals surface area contributed by atoms with E-state index in [1.54, 1.807) is 7.11 Å². The average Bonchev–Trinajstić information content (AvgIpc) is 2.17. The van der Waals surface area contributed by atoms with Gasteiger partial charge < -0.3 is 10.1 Å². The largest absolute Gasteiger partial charge is 0.383 e. The molecule has 88 valence electrons. The molecule has 1 unspecified atom stereocenters. The third kappa shape index (κ3) is 3.16. The second-order valence-electron chi connectivity index (χ2n) is 3.42. The lowest BCUT2D eigenvalue weighted by molar-refractivity contribution is -0.387. The van der Waals surface area contributed by atoms with Gasteiger partial charge in [0.2, 0.25) is 5.82 Å². The van der Waals surface area contributed by atoms with Gasteiger partial charge in [0.05, 0.1) is 11.5 Å². The van der Waals surface area contributed by atoms with Gasteiger partial charge in [-0.25, -0.2) is 0 Å². The zero-order valence-corrected chi connectivity index (χ0v) is 9.07. The van der Waals surface area contributed by atoms with Crippen LogP contribution in [0.2, 0.25) is 0 Å². The van der Waals surface area contributed by atoms with Crippen molar-refractivity contribution in [3.8, 4) is 0 Å². The first-order valence-corrected chi connectivity index (χ1v) is 4.74. The number of halogens is 1. The van der Waals surface area contributed by atoms with Crippen molar-refractivity contribution in [3.05, 3.63) is 34.1 Å². The predicted octanol–water partition coefficient (Wildman–Crippen LogP) is 2.18. The van der Waals surface area contributed by atoms with Crippen molar-refractivity contribution in [3.63, 3.8) is 0 Å². The van der Waals surface area contributed by atoms with Crippen LogP contribution in [0, 0.1) is 15.9 Å². The van der Waals surface area contributed by atoms with Crippen LogP contribution >= 0.6 is 0 Å². The van der Waals surface area contributed by atoms with Gasteiger partial charge in [-0.3, -0.25) is 10.1 Å². The number of methoxy groups -OCH3 is 1. The quantitative estimate of drug-likeness (QED) is 0.619. The number of anilines is 1. The Bertz CT molecular complexity index is 384. The lowest BCUT2D eigenvalue weighted by Crippen LogP contribution is -2.20. The van der Waals surface area contributed by atoms with Gasteiger partial charge in [-0.05, 0) is 13.0 Å². The van der Waals surface area contributed by atoms with Crippen molar-refractivity contribution < 1.29 is 14.1 Å². The molecule has 0 heterocycles. The topological polar surface area (TPSA) is 64.4 Å². The second kappa shape index (κ2) is 5.41. The first-order chi connectivity index (χ1) is 7.54. The molecule has 16 heavy (non-hydrogen) atoms. The molecule has 0 aromatic heterocycles. The van der Waals surface area contributed by atoms with Gasteiger partial charge in [0.1, 0.15) is 0 Å². The molecule has 0 bridgehead atoms. The maximum atomic E-state index is 13.2. The van der Waals surface area contributed by atoms with E-state index in [0.29, 0.717) is 12.3 Å². The summed E-state index contributed by atoms with van der Waals surface area (Å²) in [6, 6.07) is 3.71. The molecule has 1 N–H and O–H groups in total. The van der Waals surface area contributed by atoms with Gasteiger partial charge in [-0.2, -0.15) is 4.39 Å². The summed E-state index contributed by atoms with van der Waals surface area (Å²) in [7, 11) is 1.56. The maximum Gasteiger partial charge on any atom is 0.304 e. The van der Waals surface area contributed by atoms with Crippen molar-refractivity contribution in [1.82, 2.24) is 0 Å². The number of hydrogen-bond donors (Lipinski definition) is 1. The lowest BCUT2D eigenvalue weighted by atomic mass is 10.2. The van der Waals surface area contributed by atoms with E-state index in [0.717, 1.165) is 12.1 Å². The molecule has 0 aliphatic heterocycles. The molecule has 1 atom stereocenters. The Labute approximate surface area is 92.4 Å². The Hall–Kier alpha value is -1.69. The minimum atomic E-state index is -0.848. The fourth-order valence-corrected chi connectivity index (χ4v) is 1.32. The number of ether oxygens (including phenoxy) is 1. The molecule has 5 nitrogen and oxygen atoms in total. The van der Waals surface area contributed by atoms with E-state index >= 15 is 0 Å². The van der Waals surface area contributed by atoms with Gasteiger partial charge in [-0.1, -0.05) is 0 Å². The van der Waals surface area contributed by atoms with Crippen molar-refractivity contribution in [2.75, 3.05) is 19.0 Å². The second-order valence-corrected chi connectivity index (χ2v) is 3.42. The summed E-state index contributed by atoms with van der Waals surface area (Å²) in [6.07, 6.45) is 0. The van der Waals surface area contributed by atoms with Crippen LogP contribution in [0.3, 0.4) is 0 Å². The molecular formula is C10H13FN2O3. The molecular weight excluding hydrogens is 215 g/mol. The fraction of sp³-hybridized carbons (Fsp3) is 0.400. The van der Waals surface area contributed by atoms with Gasteiger partial charge >= 0.3 is 5.69 Å². The van der Waals surface area contributed by atoms with Crippen LogP contribution < -0.4 is 5.32 Å². The first-order valence-electron chi connectivity index (χ1n) is 4.74. The standard InChI is InChI=1S/C10H13FN2O3/c1-7(6-16-2)12-8-3-4-10(13(14)15)9(11)5-8/h3-5,7,12H,6H2,1-2H3. The lowest BCUT2D eigenvalue weighted by Gasteiger charge is -2.13. The van der Waals surface area contributed by atoms with Crippen molar-refractivity contribution in [2.24, 2.45) is 0 Å². The summed E-state index contributed by atoms with van der Waals surface area (Å²) in [4.78, 5) is 9.63. The minimum absolute atomic E-state index is 0.00542. The summed E-state index contributed by atoms with van der Waals surface area (Å²) in [5, 5.41) is 13.3. The van der Waals surface area contributed by atoms with Crippen LogP contribution in [-0.2, 0) is 4.74 Å². The first kappa shape index (κ1) is 12.4. The van der Waals surface area contributed by atoms with E-state index in [1.807, 2.05) is 6.92 Å².